The molecule has 1 aromatic carbocycles. The zero-order chi connectivity index (χ0) is 15.3. The van der Waals surface area contributed by atoms with E-state index in [0.29, 0.717) is 0 Å². The van der Waals surface area contributed by atoms with Gasteiger partial charge in [0.05, 0.1) is 0 Å². The van der Waals surface area contributed by atoms with E-state index in [2.05, 4.69) is 18.7 Å². The van der Waals surface area contributed by atoms with Crippen LogP contribution in [-0.2, 0) is 6.54 Å². The number of rotatable bonds is 6. The summed E-state index contributed by atoms with van der Waals surface area (Å²) in [6, 6.07) is 6.87. The van der Waals surface area contributed by atoms with Gasteiger partial charge in [-0.05, 0) is 55.8 Å². The van der Waals surface area contributed by atoms with Crippen LogP contribution in [0, 0.1) is 11.7 Å². The largest absolute Gasteiger partial charge is 0.329 e. The van der Waals surface area contributed by atoms with Gasteiger partial charge >= 0.3 is 0 Å². The molecule has 0 bridgehead atoms. The average Bonchev–Trinajstić information content (AvgIpc) is 2.54. The van der Waals surface area contributed by atoms with Crippen molar-refractivity contribution in [1.82, 2.24) is 4.90 Å². The Morgan fingerprint density at radius 1 is 1.19 bits per heavy atom. The van der Waals surface area contributed by atoms with Gasteiger partial charge in [0, 0.05) is 18.6 Å². The Hall–Kier alpha value is -0.930. The monoisotopic (exact) mass is 292 g/mol. The van der Waals surface area contributed by atoms with Gasteiger partial charge in [0.1, 0.15) is 5.82 Å². The summed E-state index contributed by atoms with van der Waals surface area (Å²) in [7, 11) is 0. The standard InChI is InChI=1S/C18H29FN2/c1-3-15-9-11-18(14-20,12-10-15)21(4-2)13-16-5-7-17(19)8-6-16/h5-8,15H,3-4,9-14,20H2,1-2H3. The van der Waals surface area contributed by atoms with Crippen molar-refractivity contribution in [2.24, 2.45) is 11.7 Å². The van der Waals surface area contributed by atoms with Gasteiger partial charge < -0.3 is 5.73 Å². The topological polar surface area (TPSA) is 29.3 Å². The number of benzene rings is 1. The Bertz CT molecular complexity index is 421. The first-order valence-electron chi connectivity index (χ1n) is 8.33. The molecule has 0 saturated heterocycles. The van der Waals surface area contributed by atoms with Crippen LogP contribution >= 0.6 is 0 Å². The van der Waals surface area contributed by atoms with Crippen LogP contribution in [0.1, 0.15) is 51.5 Å². The molecule has 0 heterocycles. The van der Waals surface area contributed by atoms with Gasteiger partial charge in [-0.15, -0.1) is 0 Å². The quantitative estimate of drug-likeness (QED) is 0.860. The minimum absolute atomic E-state index is 0.134. The Morgan fingerprint density at radius 2 is 1.81 bits per heavy atom. The summed E-state index contributed by atoms with van der Waals surface area (Å²) < 4.78 is 13.1. The Morgan fingerprint density at radius 3 is 2.29 bits per heavy atom. The third-order valence-electron chi connectivity index (χ3n) is 5.33. The van der Waals surface area contributed by atoms with Gasteiger partial charge in [0.25, 0.3) is 0 Å². The molecule has 1 saturated carbocycles. The van der Waals surface area contributed by atoms with Gasteiger partial charge in [0.15, 0.2) is 0 Å². The lowest BCUT2D eigenvalue weighted by molar-refractivity contribution is 0.0392. The third-order valence-corrected chi connectivity index (χ3v) is 5.33. The van der Waals surface area contributed by atoms with Crippen LogP contribution in [0.2, 0.25) is 0 Å². The van der Waals surface area contributed by atoms with Crippen molar-refractivity contribution in [3.05, 3.63) is 35.6 Å². The number of halogens is 1. The summed E-state index contributed by atoms with van der Waals surface area (Å²) in [4.78, 5) is 2.51. The number of likely N-dealkylation sites (N-methyl/N-ethyl adjacent to an activating group) is 1. The van der Waals surface area contributed by atoms with E-state index in [9.17, 15) is 4.39 Å². The van der Waals surface area contributed by atoms with Crippen molar-refractivity contribution < 1.29 is 4.39 Å². The SMILES string of the molecule is CCC1CCC(CN)(N(CC)Cc2ccc(F)cc2)CC1. The lowest BCUT2D eigenvalue weighted by atomic mass is 9.74. The molecule has 0 amide bonds. The second-order valence-corrected chi connectivity index (χ2v) is 6.42. The number of nitrogens with zero attached hydrogens (tertiary/aromatic N) is 1. The predicted octanol–water partition coefficient (Wildman–Crippen LogP) is 3.95. The first kappa shape index (κ1) is 16.4. The molecule has 0 spiro atoms. The normalized spacial score (nSPS) is 26.2. The predicted molar refractivity (Wildman–Crippen MR) is 86.5 cm³/mol. The number of nitrogens with two attached hydrogens (primary N) is 1. The van der Waals surface area contributed by atoms with Gasteiger partial charge in [-0.25, -0.2) is 4.39 Å². The molecular formula is C18H29FN2. The molecule has 0 unspecified atom stereocenters. The molecule has 21 heavy (non-hydrogen) atoms. The number of hydrogen-bond acceptors (Lipinski definition) is 2. The molecule has 2 nitrogen and oxygen atoms in total. The Kier molecular flexibility index (Phi) is 5.77. The summed E-state index contributed by atoms with van der Waals surface area (Å²) in [6.45, 7) is 7.07. The summed E-state index contributed by atoms with van der Waals surface area (Å²) >= 11 is 0. The van der Waals surface area contributed by atoms with E-state index < -0.39 is 0 Å². The molecule has 1 aliphatic carbocycles. The lowest BCUT2D eigenvalue weighted by Gasteiger charge is -2.47. The van der Waals surface area contributed by atoms with Crippen molar-refractivity contribution in [3.8, 4) is 0 Å². The molecule has 0 aromatic heterocycles. The first-order valence-corrected chi connectivity index (χ1v) is 8.33. The second kappa shape index (κ2) is 7.37. The van der Waals surface area contributed by atoms with Crippen LogP contribution in [0.15, 0.2) is 24.3 Å². The van der Waals surface area contributed by atoms with Crippen LogP contribution in [-0.4, -0.2) is 23.5 Å². The van der Waals surface area contributed by atoms with E-state index in [-0.39, 0.29) is 11.4 Å². The highest BCUT2D eigenvalue weighted by atomic mass is 19.1. The van der Waals surface area contributed by atoms with Crippen molar-refractivity contribution in [2.45, 2.75) is 58.0 Å². The smallest absolute Gasteiger partial charge is 0.123 e. The molecule has 1 fully saturated rings. The van der Waals surface area contributed by atoms with Gasteiger partial charge in [-0.2, -0.15) is 0 Å². The highest BCUT2D eigenvalue weighted by molar-refractivity contribution is 5.16. The van der Waals surface area contributed by atoms with Gasteiger partial charge in [-0.1, -0.05) is 32.4 Å². The summed E-state index contributed by atoms with van der Waals surface area (Å²) in [5.41, 5.74) is 7.48. The fraction of sp³-hybridized carbons (Fsp3) is 0.667. The molecular weight excluding hydrogens is 263 g/mol. The molecule has 1 aromatic rings. The van der Waals surface area contributed by atoms with Crippen molar-refractivity contribution in [1.29, 1.82) is 0 Å². The fourth-order valence-electron chi connectivity index (χ4n) is 3.70. The summed E-state index contributed by atoms with van der Waals surface area (Å²) in [5, 5.41) is 0. The van der Waals surface area contributed by atoms with Crippen molar-refractivity contribution >= 4 is 0 Å². The molecule has 0 radical (unpaired) electrons. The maximum absolute atomic E-state index is 13.1. The minimum Gasteiger partial charge on any atom is -0.329 e. The van der Waals surface area contributed by atoms with Crippen LogP contribution in [0.25, 0.3) is 0 Å². The van der Waals surface area contributed by atoms with Gasteiger partial charge in [-0.3, -0.25) is 4.90 Å². The molecule has 2 N–H and O–H groups in total. The van der Waals surface area contributed by atoms with E-state index in [1.165, 1.54) is 37.7 Å². The van der Waals surface area contributed by atoms with Gasteiger partial charge in [0.2, 0.25) is 0 Å². The lowest BCUT2D eigenvalue weighted by Crippen LogP contribution is -2.55. The van der Waals surface area contributed by atoms with Crippen molar-refractivity contribution in [3.63, 3.8) is 0 Å². The van der Waals surface area contributed by atoms with E-state index >= 15 is 0 Å². The maximum Gasteiger partial charge on any atom is 0.123 e. The molecule has 2 rings (SSSR count). The highest BCUT2D eigenvalue weighted by Gasteiger charge is 2.38. The molecule has 1 aliphatic rings. The molecule has 3 heteroatoms. The van der Waals surface area contributed by atoms with Crippen LogP contribution in [0.4, 0.5) is 4.39 Å². The van der Waals surface area contributed by atoms with Crippen molar-refractivity contribution in [2.75, 3.05) is 13.1 Å². The minimum atomic E-state index is -0.168. The molecule has 0 atom stereocenters. The Balaban J connectivity index is 2.08. The third kappa shape index (κ3) is 3.83. The summed E-state index contributed by atoms with van der Waals surface area (Å²) in [6.07, 6.45) is 6.24. The van der Waals surface area contributed by atoms with Crippen LogP contribution in [0.5, 0.6) is 0 Å². The molecule has 118 valence electrons. The average molecular weight is 292 g/mol. The van der Waals surface area contributed by atoms with Crippen LogP contribution < -0.4 is 5.73 Å². The van der Waals surface area contributed by atoms with E-state index in [0.717, 1.165) is 25.6 Å². The van der Waals surface area contributed by atoms with E-state index in [4.69, 9.17) is 5.73 Å². The van der Waals surface area contributed by atoms with E-state index in [1.807, 2.05) is 12.1 Å². The van der Waals surface area contributed by atoms with E-state index in [1.54, 1.807) is 12.1 Å². The molecule has 0 aliphatic heterocycles. The zero-order valence-electron chi connectivity index (χ0n) is 13.4. The fourth-order valence-corrected chi connectivity index (χ4v) is 3.70. The second-order valence-electron chi connectivity index (χ2n) is 6.42. The maximum atomic E-state index is 13.1. The first-order chi connectivity index (χ1) is 10.1. The van der Waals surface area contributed by atoms with Crippen LogP contribution in [0.3, 0.4) is 0 Å². The highest BCUT2D eigenvalue weighted by Crippen LogP contribution is 2.37. The number of hydrogen-bond donors (Lipinski definition) is 1. The summed E-state index contributed by atoms with van der Waals surface area (Å²) in [5.74, 6) is 0.702. The zero-order valence-corrected chi connectivity index (χ0v) is 13.4. The Labute approximate surface area is 128 Å².